The van der Waals surface area contributed by atoms with E-state index < -0.39 is 5.97 Å². The topological polar surface area (TPSA) is 49.7 Å². The molecule has 0 spiro atoms. The smallest absolute Gasteiger partial charge is 0.341 e. The Morgan fingerprint density at radius 3 is 2.47 bits per heavy atom. The van der Waals surface area contributed by atoms with Gasteiger partial charge >= 0.3 is 5.97 Å². The van der Waals surface area contributed by atoms with Crippen molar-refractivity contribution in [2.45, 2.75) is 0 Å². The van der Waals surface area contributed by atoms with E-state index in [-0.39, 0.29) is 4.91 Å². The fraction of sp³-hybridized carbons (Fsp3) is 0.0909. The SMILES string of the molecule is C=C(SC(=NC)c1ccccc1)C(=O)O. The number of hydrogen-bond donors (Lipinski definition) is 1. The Balaban J connectivity index is 2.84. The van der Waals surface area contributed by atoms with E-state index in [4.69, 9.17) is 5.11 Å². The number of rotatable bonds is 3. The molecule has 0 saturated heterocycles. The van der Waals surface area contributed by atoms with Crippen molar-refractivity contribution in [1.29, 1.82) is 0 Å². The molecule has 15 heavy (non-hydrogen) atoms. The van der Waals surface area contributed by atoms with E-state index in [0.717, 1.165) is 17.3 Å². The number of benzene rings is 1. The average molecular weight is 221 g/mol. The van der Waals surface area contributed by atoms with Crippen LogP contribution >= 0.6 is 11.8 Å². The van der Waals surface area contributed by atoms with Crippen LogP contribution in [0.5, 0.6) is 0 Å². The average Bonchev–Trinajstić information content (AvgIpc) is 2.26. The highest BCUT2D eigenvalue weighted by atomic mass is 32.2. The molecule has 0 unspecified atom stereocenters. The highest BCUT2D eigenvalue weighted by Gasteiger charge is 2.10. The molecular weight excluding hydrogens is 210 g/mol. The van der Waals surface area contributed by atoms with Gasteiger partial charge in [-0.2, -0.15) is 0 Å². The van der Waals surface area contributed by atoms with Crippen molar-refractivity contribution in [2.75, 3.05) is 7.05 Å². The summed E-state index contributed by atoms with van der Waals surface area (Å²) in [6.45, 7) is 3.45. The van der Waals surface area contributed by atoms with E-state index in [1.165, 1.54) is 0 Å². The summed E-state index contributed by atoms with van der Waals surface area (Å²) < 4.78 is 0. The molecular formula is C11H11NO2S. The van der Waals surface area contributed by atoms with Gasteiger partial charge in [-0.1, -0.05) is 48.7 Å². The van der Waals surface area contributed by atoms with E-state index in [9.17, 15) is 4.79 Å². The molecule has 0 aromatic heterocycles. The van der Waals surface area contributed by atoms with E-state index >= 15 is 0 Å². The third-order valence-corrected chi connectivity index (χ3v) is 2.71. The van der Waals surface area contributed by atoms with Gasteiger partial charge in [0.15, 0.2) is 0 Å². The molecule has 0 heterocycles. The quantitative estimate of drug-likeness (QED) is 0.484. The summed E-state index contributed by atoms with van der Waals surface area (Å²) in [5.41, 5.74) is 0.896. The Labute approximate surface area is 92.5 Å². The van der Waals surface area contributed by atoms with Gasteiger partial charge in [-0.3, -0.25) is 4.99 Å². The lowest BCUT2D eigenvalue weighted by molar-refractivity contribution is -0.131. The second-order valence-corrected chi connectivity index (χ2v) is 3.81. The summed E-state index contributed by atoms with van der Waals surface area (Å²) in [5, 5.41) is 9.35. The van der Waals surface area contributed by atoms with Crippen molar-refractivity contribution in [2.24, 2.45) is 4.99 Å². The Kier molecular flexibility index (Phi) is 4.12. The summed E-state index contributed by atoms with van der Waals surface area (Å²) in [6, 6.07) is 9.41. The maximum atomic E-state index is 10.6. The number of nitrogens with zero attached hydrogens (tertiary/aromatic N) is 1. The molecule has 1 N–H and O–H groups in total. The molecule has 0 bridgehead atoms. The molecule has 0 aliphatic carbocycles. The van der Waals surface area contributed by atoms with Gasteiger partial charge in [0.1, 0.15) is 5.04 Å². The summed E-state index contributed by atoms with van der Waals surface area (Å²) >= 11 is 1.06. The lowest BCUT2D eigenvalue weighted by atomic mass is 10.2. The van der Waals surface area contributed by atoms with E-state index in [2.05, 4.69) is 11.6 Å². The number of aliphatic carboxylic acids is 1. The second kappa shape index (κ2) is 5.36. The minimum atomic E-state index is -1.02. The molecule has 0 aliphatic rings. The maximum absolute atomic E-state index is 10.6. The monoisotopic (exact) mass is 221 g/mol. The number of hydrogen-bond acceptors (Lipinski definition) is 3. The predicted molar refractivity (Wildman–Crippen MR) is 63.3 cm³/mol. The van der Waals surface area contributed by atoms with Crippen molar-refractivity contribution in [3.05, 3.63) is 47.4 Å². The van der Waals surface area contributed by atoms with Gasteiger partial charge in [-0.25, -0.2) is 4.79 Å². The zero-order chi connectivity index (χ0) is 11.3. The predicted octanol–water partition coefficient (Wildman–Crippen LogP) is 2.39. The van der Waals surface area contributed by atoms with Crippen molar-refractivity contribution in [1.82, 2.24) is 0 Å². The molecule has 1 aromatic rings. The first-order valence-corrected chi connectivity index (χ1v) is 5.09. The van der Waals surface area contributed by atoms with Crippen LogP contribution in [0.25, 0.3) is 0 Å². The minimum absolute atomic E-state index is 0.0689. The minimum Gasteiger partial charge on any atom is -0.477 e. The van der Waals surface area contributed by atoms with E-state index in [1.54, 1.807) is 7.05 Å². The molecule has 0 radical (unpaired) electrons. The Morgan fingerprint density at radius 2 is 2.00 bits per heavy atom. The summed E-state index contributed by atoms with van der Waals surface area (Å²) in [6.07, 6.45) is 0. The van der Waals surface area contributed by atoms with Gasteiger partial charge < -0.3 is 5.11 Å². The van der Waals surface area contributed by atoms with Crippen LogP contribution in [0.3, 0.4) is 0 Å². The molecule has 0 amide bonds. The maximum Gasteiger partial charge on any atom is 0.341 e. The van der Waals surface area contributed by atoms with E-state index in [0.29, 0.717) is 5.04 Å². The van der Waals surface area contributed by atoms with Crippen LogP contribution in [-0.4, -0.2) is 23.2 Å². The fourth-order valence-electron chi connectivity index (χ4n) is 0.975. The molecule has 0 fully saturated rings. The van der Waals surface area contributed by atoms with Crippen LogP contribution in [0.1, 0.15) is 5.56 Å². The Hall–Kier alpha value is -1.55. The van der Waals surface area contributed by atoms with Crippen LogP contribution in [0.4, 0.5) is 0 Å². The first-order chi connectivity index (χ1) is 7.15. The highest BCUT2D eigenvalue weighted by molar-refractivity contribution is 8.18. The van der Waals surface area contributed by atoms with Gasteiger partial charge in [0.05, 0.1) is 4.91 Å². The van der Waals surface area contributed by atoms with Gasteiger partial charge in [-0.15, -0.1) is 0 Å². The van der Waals surface area contributed by atoms with Gasteiger partial charge in [0.25, 0.3) is 0 Å². The molecule has 1 rings (SSSR count). The lowest BCUT2D eigenvalue weighted by Crippen LogP contribution is -2.01. The number of carboxylic acid groups (broad SMARTS) is 1. The number of carbonyl (C=O) groups is 1. The van der Waals surface area contributed by atoms with Crippen LogP contribution < -0.4 is 0 Å². The molecule has 1 aromatic carbocycles. The highest BCUT2D eigenvalue weighted by Crippen LogP contribution is 2.20. The summed E-state index contributed by atoms with van der Waals surface area (Å²) in [4.78, 5) is 14.7. The Morgan fingerprint density at radius 1 is 1.40 bits per heavy atom. The zero-order valence-corrected chi connectivity index (χ0v) is 9.12. The summed E-state index contributed by atoms with van der Waals surface area (Å²) in [5.74, 6) is -1.02. The third kappa shape index (κ3) is 3.25. The van der Waals surface area contributed by atoms with Crippen molar-refractivity contribution in [3.8, 4) is 0 Å². The first-order valence-electron chi connectivity index (χ1n) is 4.27. The molecule has 0 saturated carbocycles. The van der Waals surface area contributed by atoms with Crippen LogP contribution in [-0.2, 0) is 4.79 Å². The fourth-order valence-corrected chi connectivity index (χ4v) is 1.64. The molecule has 0 aliphatic heterocycles. The van der Waals surface area contributed by atoms with Crippen LogP contribution in [0, 0.1) is 0 Å². The zero-order valence-electron chi connectivity index (χ0n) is 8.30. The van der Waals surface area contributed by atoms with Crippen LogP contribution in [0.15, 0.2) is 46.8 Å². The Bertz CT molecular complexity index is 398. The number of carboxylic acids is 1. The lowest BCUT2D eigenvalue weighted by Gasteiger charge is -2.04. The molecule has 4 heteroatoms. The van der Waals surface area contributed by atoms with Gasteiger partial charge in [0.2, 0.25) is 0 Å². The summed E-state index contributed by atoms with van der Waals surface area (Å²) in [7, 11) is 1.63. The normalized spacial score (nSPS) is 11.1. The second-order valence-electron chi connectivity index (χ2n) is 2.73. The number of aliphatic imine (C=N–C) groups is 1. The standard InChI is InChI=1S/C11H11NO2S/c1-8(11(13)14)15-10(12-2)9-6-4-3-5-7-9/h3-7H,1H2,2H3,(H,13,14). The van der Waals surface area contributed by atoms with Crippen molar-refractivity contribution < 1.29 is 9.90 Å². The molecule has 0 atom stereocenters. The van der Waals surface area contributed by atoms with Crippen molar-refractivity contribution >= 4 is 22.8 Å². The van der Waals surface area contributed by atoms with E-state index in [1.807, 2.05) is 30.3 Å². The van der Waals surface area contributed by atoms with Crippen LogP contribution in [0.2, 0.25) is 0 Å². The largest absolute Gasteiger partial charge is 0.477 e. The molecule has 78 valence electrons. The third-order valence-electron chi connectivity index (χ3n) is 1.68. The molecule has 3 nitrogen and oxygen atoms in total. The van der Waals surface area contributed by atoms with Gasteiger partial charge in [0, 0.05) is 12.6 Å². The first kappa shape index (κ1) is 11.5. The number of thioether (sulfide) groups is 1. The van der Waals surface area contributed by atoms with Gasteiger partial charge in [-0.05, 0) is 0 Å². The van der Waals surface area contributed by atoms with Crippen molar-refractivity contribution in [3.63, 3.8) is 0 Å².